The SMILES string of the molecule is CC(C)(C)c1ccc(C(=O)N2CCC(n3c(=O)[nH]c4ccccc43)CC2)cc1. The molecule has 0 atom stereocenters. The molecule has 1 N–H and O–H groups in total. The number of para-hydroxylation sites is 2. The van der Waals surface area contributed by atoms with E-state index in [2.05, 4.69) is 25.8 Å². The molecular weight excluding hydrogens is 350 g/mol. The van der Waals surface area contributed by atoms with E-state index in [-0.39, 0.29) is 23.1 Å². The number of carbonyl (C=O) groups excluding carboxylic acids is 1. The van der Waals surface area contributed by atoms with Gasteiger partial charge in [0.05, 0.1) is 11.0 Å². The van der Waals surface area contributed by atoms with Gasteiger partial charge in [-0.2, -0.15) is 0 Å². The second-order valence-electron chi connectivity index (χ2n) is 8.67. The molecule has 1 saturated heterocycles. The predicted octanol–water partition coefficient (Wildman–Crippen LogP) is 4.10. The average molecular weight is 377 g/mol. The van der Waals surface area contributed by atoms with Crippen LogP contribution in [0.5, 0.6) is 0 Å². The third kappa shape index (κ3) is 3.37. The summed E-state index contributed by atoms with van der Waals surface area (Å²) in [6.45, 7) is 7.83. The van der Waals surface area contributed by atoms with Crippen molar-refractivity contribution >= 4 is 16.9 Å². The Kier molecular flexibility index (Phi) is 4.61. The van der Waals surface area contributed by atoms with Crippen LogP contribution in [0.3, 0.4) is 0 Å². The zero-order chi connectivity index (χ0) is 19.9. The molecule has 0 radical (unpaired) electrons. The van der Waals surface area contributed by atoms with Crippen molar-refractivity contribution in [3.8, 4) is 0 Å². The quantitative estimate of drug-likeness (QED) is 0.731. The molecule has 0 bridgehead atoms. The topological polar surface area (TPSA) is 58.1 Å². The standard InChI is InChI=1S/C23H27N3O2/c1-23(2,3)17-10-8-16(9-11-17)21(27)25-14-12-18(13-15-25)26-20-7-5-4-6-19(20)24-22(26)28/h4-11,18H,12-15H2,1-3H3,(H,24,28). The fraction of sp³-hybridized carbons (Fsp3) is 0.391. The molecule has 1 aromatic heterocycles. The first kappa shape index (κ1) is 18.5. The zero-order valence-electron chi connectivity index (χ0n) is 16.7. The summed E-state index contributed by atoms with van der Waals surface area (Å²) in [5, 5.41) is 0. The van der Waals surface area contributed by atoms with Crippen LogP contribution in [0.2, 0.25) is 0 Å². The maximum atomic E-state index is 12.9. The Bertz CT molecular complexity index is 1050. The number of aromatic amines is 1. The molecule has 1 fully saturated rings. The average Bonchev–Trinajstić information content (AvgIpc) is 3.02. The van der Waals surface area contributed by atoms with Gasteiger partial charge in [0.25, 0.3) is 5.91 Å². The fourth-order valence-corrected chi connectivity index (χ4v) is 4.06. The van der Waals surface area contributed by atoms with Gasteiger partial charge in [0.15, 0.2) is 0 Å². The van der Waals surface area contributed by atoms with Crippen LogP contribution in [0.25, 0.3) is 11.0 Å². The lowest BCUT2D eigenvalue weighted by Crippen LogP contribution is -2.40. The van der Waals surface area contributed by atoms with Gasteiger partial charge in [-0.05, 0) is 48.1 Å². The van der Waals surface area contributed by atoms with Crippen LogP contribution in [-0.4, -0.2) is 33.4 Å². The summed E-state index contributed by atoms with van der Waals surface area (Å²) in [6, 6.07) is 15.8. The van der Waals surface area contributed by atoms with Crippen molar-refractivity contribution in [1.29, 1.82) is 0 Å². The third-order valence-corrected chi connectivity index (χ3v) is 5.74. The summed E-state index contributed by atoms with van der Waals surface area (Å²) in [6.07, 6.45) is 1.57. The van der Waals surface area contributed by atoms with Gasteiger partial charge in [-0.15, -0.1) is 0 Å². The first-order valence-corrected chi connectivity index (χ1v) is 9.93. The molecule has 2 heterocycles. The van der Waals surface area contributed by atoms with Gasteiger partial charge >= 0.3 is 5.69 Å². The van der Waals surface area contributed by atoms with Crippen LogP contribution in [0.1, 0.15) is 55.6 Å². The Balaban J connectivity index is 1.47. The van der Waals surface area contributed by atoms with Crippen LogP contribution < -0.4 is 5.69 Å². The van der Waals surface area contributed by atoms with Crippen molar-refractivity contribution in [2.75, 3.05) is 13.1 Å². The lowest BCUT2D eigenvalue weighted by atomic mass is 9.86. The molecule has 0 saturated carbocycles. The van der Waals surface area contributed by atoms with E-state index in [4.69, 9.17) is 0 Å². The fourth-order valence-electron chi connectivity index (χ4n) is 4.06. The summed E-state index contributed by atoms with van der Waals surface area (Å²) in [5.74, 6) is 0.0742. The number of carbonyl (C=O) groups is 1. The molecule has 5 nitrogen and oxygen atoms in total. The van der Waals surface area contributed by atoms with Crippen molar-refractivity contribution in [1.82, 2.24) is 14.5 Å². The largest absolute Gasteiger partial charge is 0.338 e. The van der Waals surface area contributed by atoms with E-state index < -0.39 is 0 Å². The number of likely N-dealkylation sites (tertiary alicyclic amines) is 1. The first-order chi connectivity index (χ1) is 13.3. The normalized spacial score (nSPS) is 15.9. The molecule has 1 aliphatic rings. The molecule has 0 unspecified atom stereocenters. The van der Waals surface area contributed by atoms with Crippen molar-refractivity contribution in [2.45, 2.75) is 45.1 Å². The smallest absolute Gasteiger partial charge is 0.326 e. The van der Waals surface area contributed by atoms with E-state index >= 15 is 0 Å². The molecule has 1 aliphatic heterocycles. The molecule has 1 amide bonds. The van der Waals surface area contributed by atoms with E-state index in [0.29, 0.717) is 13.1 Å². The molecule has 0 spiro atoms. The minimum atomic E-state index is -0.0660. The van der Waals surface area contributed by atoms with Crippen molar-refractivity contribution in [2.24, 2.45) is 0 Å². The lowest BCUT2D eigenvalue weighted by Gasteiger charge is -2.32. The third-order valence-electron chi connectivity index (χ3n) is 5.74. The number of H-pyrrole nitrogens is 1. The number of aromatic nitrogens is 2. The predicted molar refractivity (Wildman–Crippen MR) is 112 cm³/mol. The number of hydrogen-bond donors (Lipinski definition) is 1. The van der Waals surface area contributed by atoms with Crippen LogP contribution in [-0.2, 0) is 5.41 Å². The van der Waals surface area contributed by atoms with Gasteiger partial charge in [0.2, 0.25) is 0 Å². The Morgan fingerprint density at radius 3 is 2.29 bits per heavy atom. The van der Waals surface area contributed by atoms with Crippen molar-refractivity contribution in [3.63, 3.8) is 0 Å². The van der Waals surface area contributed by atoms with Gasteiger partial charge in [-0.3, -0.25) is 9.36 Å². The molecule has 4 rings (SSSR count). The number of rotatable bonds is 2. The van der Waals surface area contributed by atoms with Gasteiger partial charge in [-0.1, -0.05) is 45.0 Å². The van der Waals surface area contributed by atoms with Gasteiger partial charge < -0.3 is 9.88 Å². The molecule has 0 aliphatic carbocycles. The second-order valence-corrected chi connectivity index (χ2v) is 8.67. The molecule has 2 aromatic carbocycles. The Morgan fingerprint density at radius 1 is 1.00 bits per heavy atom. The molecule has 5 heteroatoms. The Labute approximate surface area is 165 Å². The van der Waals surface area contributed by atoms with E-state index in [0.717, 1.165) is 29.4 Å². The summed E-state index contributed by atoms with van der Waals surface area (Å²) in [7, 11) is 0. The van der Waals surface area contributed by atoms with Crippen LogP contribution in [0.4, 0.5) is 0 Å². The van der Waals surface area contributed by atoms with Crippen LogP contribution in [0, 0.1) is 0 Å². The van der Waals surface area contributed by atoms with E-state index in [9.17, 15) is 9.59 Å². The van der Waals surface area contributed by atoms with E-state index in [1.165, 1.54) is 5.56 Å². The summed E-state index contributed by atoms with van der Waals surface area (Å²) >= 11 is 0. The second kappa shape index (κ2) is 6.97. The number of imidazole rings is 1. The lowest BCUT2D eigenvalue weighted by molar-refractivity contribution is 0.0695. The molecule has 146 valence electrons. The highest BCUT2D eigenvalue weighted by Crippen LogP contribution is 2.26. The highest BCUT2D eigenvalue weighted by atomic mass is 16.2. The maximum Gasteiger partial charge on any atom is 0.326 e. The van der Waals surface area contributed by atoms with Gasteiger partial charge in [0.1, 0.15) is 0 Å². The van der Waals surface area contributed by atoms with Crippen molar-refractivity contribution < 1.29 is 4.79 Å². The summed E-state index contributed by atoms with van der Waals surface area (Å²) in [5.41, 5.74) is 3.77. The number of piperidine rings is 1. The summed E-state index contributed by atoms with van der Waals surface area (Å²) in [4.78, 5) is 30.1. The van der Waals surface area contributed by atoms with Gasteiger partial charge in [0, 0.05) is 24.7 Å². The van der Waals surface area contributed by atoms with Crippen LogP contribution >= 0.6 is 0 Å². The molecule has 28 heavy (non-hydrogen) atoms. The number of nitrogens with zero attached hydrogens (tertiary/aromatic N) is 2. The van der Waals surface area contributed by atoms with Crippen LogP contribution in [0.15, 0.2) is 53.3 Å². The number of amides is 1. The monoisotopic (exact) mass is 377 g/mol. The zero-order valence-corrected chi connectivity index (χ0v) is 16.7. The van der Waals surface area contributed by atoms with E-state index in [1.54, 1.807) is 0 Å². The minimum absolute atomic E-state index is 0.0660. The Hall–Kier alpha value is -2.82. The number of nitrogens with one attached hydrogen (secondary N) is 1. The van der Waals surface area contributed by atoms with E-state index in [1.807, 2.05) is 58.0 Å². The number of benzene rings is 2. The summed E-state index contributed by atoms with van der Waals surface area (Å²) < 4.78 is 1.86. The van der Waals surface area contributed by atoms with Crippen molar-refractivity contribution in [3.05, 3.63) is 70.1 Å². The molecule has 3 aromatic rings. The maximum absolute atomic E-state index is 12.9. The first-order valence-electron chi connectivity index (χ1n) is 9.93. The number of fused-ring (bicyclic) bond motifs is 1. The highest BCUT2D eigenvalue weighted by Gasteiger charge is 2.26. The minimum Gasteiger partial charge on any atom is -0.338 e. The van der Waals surface area contributed by atoms with Gasteiger partial charge in [-0.25, -0.2) is 4.79 Å². The molecular formula is C23H27N3O2. The Morgan fingerprint density at radius 2 is 1.64 bits per heavy atom. The highest BCUT2D eigenvalue weighted by molar-refractivity contribution is 5.94. The number of hydrogen-bond acceptors (Lipinski definition) is 2.